The normalized spacial score (nSPS) is 33.2. The van der Waals surface area contributed by atoms with Crippen LogP contribution in [0.1, 0.15) is 40.0 Å². The van der Waals surface area contributed by atoms with E-state index in [0.29, 0.717) is 23.9 Å². The van der Waals surface area contributed by atoms with Gasteiger partial charge >= 0.3 is 5.97 Å². The van der Waals surface area contributed by atoms with Crippen molar-refractivity contribution in [2.75, 3.05) is 6.61 Å². The zero-order chi connectivity index (χ0) is 13.3. The van der Waals surface area contributed by atoms with Crippen molar-refractivity contribution >= 4 is 5.97 Å². The third-order valence-corrected chi connectivity index (χ3v) is 4.91. The van der Waals surface area contributed by atoms with Gasteiger partial charge in [0, 0.05) is 0 Å². The molecule has 2 bridgehead atoms. The lowest BCUT2D eigenvalue weighted by molar-refractivity contribution is -0.138. The average Bonchev–Trinajstić information content (AvgIpc) is 2.36. The second-order valence-electron chi connectivity index (χ2n) is 6.01. The van der Waals surface area contributed by atoms with E-state index in [0.717, 1.165) is 12.3 Å². The maximum absolute atomic E-state index is 11.6. The van der Waals surface area contributed by atoms with Crippen molar-refractivity contribution in [1.82, 2.24) is 0 Å². The Morgan fingerprint density at radius 3 is 2.72 bits per heavy atom. The number of nitriles is 1. The highest BCUT2D eigenvalue weighted by molar-refractivity contribution is 5.92. The highest BCUT2D eigenvalue weighted by Gasteiger charge is 2.53. The van der Waals surface area contributed by atoms with Gasteiger partial charge in [-0.2, -0.15) is 5.26 Å². The summed E-state index contributed by atoms with van der Waals surface area (Å²) in [7, 11) is 0. The topological polar surface area (TPSA) is 50.1 Å². The first-order valence-electron chi connectivity index (χ1n) is 6.79. The zero-order valence-electron chi connectivity index (χ0n) is 11.4. The zero-order valence-corrected chi connectivity index (χ0v) is 11.4. The lowest BCUT2D eigenvalue weighted by Crippen LogP contribution is -2.51. The lowest BCUT2D eigenvalue weighted by atomic mass is 9.45. The molecule has 3 saturated carbocycles. The molecule has 3 aliphatic carbocycles. The molecule has 3 nitrogen and oxygen atoms in total. The minimum absolute atomic E-state index is 0.183. The van der Waals surface area contributed by atoms with Crippen LogP contribution in [0.4, 0.5) is 0 Å². The van der Waals surface area contributed by atoms with Crippen molar-refractivity contribution in [2.24, 2.45) is 23.2 Å². The molecule has 0 heterocycles. The number of hydrogen-bond donors (Lipinski definition) is 0. The number of carbonyl (C=O) groups is 1. The number of fused-ring (bicyclic) bond motifs is 2. The molecule has 3 unspecified atom stereocenters. The van der Waals surface area contributed by atoms with Crippen LogP contribution < -0.4 is 0 Å². The van der Waals surface area contributed by atoms with E-state index in [9.17, 15) is 4.79 Å². The molecule has 0 radical (unpaired) electrons. The largest absolute Gasteiger partial charge is 0.462 e. The second kappa shape index (κ2) is 4.76. The first-order valence-corrected chi connectivity index (χ1v) is 6.79. The SMILES string of the molecule is CCOC(=O)C(C#N)=CC1CCC2CC1C2(C)C. The number of carbonyl (C=O) groups excluding carboxylic acids is 1. The van der Waals surface area contributed by atoms with E-state index in [2.05, 4.69) is 13.8 Å². The van der Waals surface area contributed by atoms with E-state index in [1.54, 1.807) is 6.92 Å². The van der Waals surface area contributed by atoms with Crippen molar-refractivity contribution in [2.45, 2.75) is 40.0 Å². The summed E-state index contributed by atoms with van der Waals surface area (Å²) >= 11 is 0. The third-order valence-electron chi connectivity index (χ3n) is 4.91. The molecule has 18 heavy (non-hydrogen) atoms. The van der Waals surface area contributed by atoms with Gasteiger partial charge in [0.05, 0.1) is 6.61 Å². The van der Waals surface area contributed by atoms with Crippen LogP contribution in [0.15, 0.2) is 11.6 Å². The van der Waals surface area contributed by atoms with Crippen molar-refractivity contribution in [3.05, 3.63) is 11.6 Å². The lowest BCUT2D eigenvalue weighted by Gasteiger charge is -2.59. The van der Waals surface area contributed by atoms with Crippen LogP contribution in [-0.4, -0.2) is 12.6 Å². The number of allylic oxidation sites excluding steroid dienone is 1. The van der Waals surface area contributed by atoms with Gasteiger partial charge < -0.3 is 4.74 Å². The van der Waals surface area contributed by atoms with Gasteiger partial charge in [-0.15, -0.1) is 0 Å². The number of hydrogen-bond acceptors (Lipinski definition) is 3. The van der Waals surface area contributed by atoms with Crippen LogP contribution in [-0.2, 0) is 9.53 Å². The molecule has 0 aromatic heterocycles. The highest BCUT2D eigenvalue weighted by Crippen LogP contribution is 2.61. The van der Waals surface area contributed by atoms with Crippen molar-refractivity contribution in [3.63, 3.8) is 0 Å². The molecular formula is C15H21NO2. The summed E-state index contributed by atoms with van der Waals surface area (Å²) in [6.45, 7) is 6.69. The minimum Gasteiger partial charge on any atom is -0.462 e. The molecule has 3 heteroatoms. The van der Waals surface area contributed by atoms with Crippen LogP contribution in [0.25, 0.3) is 0 Å². The molecular weight excluding hydrogens is 226 g/mol. The molecule has 0 amide bonds. The minimum atomic E-state index is -0.473. The molecule has 0 aliphatic heterocycles. The predicted molar refractivity (Wildman–Crippen MR) is 68.4 cm³/mol. The van der Waals surface area contributed by atoms with E-state index in [1.165, 1.54) is 12.8 Å². The molecule has 0 N–H and O–H groups in total. The second-order valence-corrected chi connectivity index (χ2v) is 6.01. The molecule has 0 aromatic carbocycles. The summed E-state index contributed by atoms with van der Waals surface area (Å²) in [4.78, 5) is 11.6. The molecule has 3 aliphatic rings. The Labute approximate surface area is 109 Å². The van der Waals surface area contributed by atoms with Crippen LogP contribution in [0.5, 0.6) is 0 Å². The molecule has 3 atom stereocenters. The summed E-state index contributed by atoms with van der Waals surface area (Å²) in [6, 6.07) is 1.99. The summed E-state index contributed by atoms with van der Waals surface area (Å²) in [5.74, 6) is 1.35. The molecule has 3 fully saturated rings. The molecule has 0 aromatic rings. The van der Waals surface area contributed by atoms with Gasteiger partial charge in [0.15, 0.2) is 0 Å². The van der Waals surface area contributed by atoms with Gasteiger partial charge in [-0.05, 0) is 49.4 Å². The monoisotopic (exact) mass is 247 g/mol. The summed E-state index contributed by atoms with van der Waals surface area (Å²) < 4.78 is 4.91. The Morgan fingerprint density at radius 2 is 2.22 bits per heavy atom. The van der Waals surface area contributed by atoms with E-state index in [1.807, 2.05) is 12.1 Å². The standard InChI is InChI=1S/C15H21NO2/c1-4-18-14(17)11(9-16)7-10-5-6-12-8-13(10)15(12,2)3/h7,10,12-13H,4-6,8H2,1-3H3. The average molecular weight is 247 g/mol. The van der Waals surface area contributed by atoms with E-state index >= 15 is 0 Å². The Hall–Kier alpha value is -1.30. The third kappa shape index (κ3) is 2.05. The maximum atomic E-state index is 11.6. The number of esters is 1. The molecule has 0 saturated heterocycles. The quantitative estimate of drug-likeness (QED) is 0.437. The summed E-state index contributed by atoms with van der Waals surface area (Å²) in [6.07, 6.45) is 5.42. The van der Waals surface area contributed by atoms with Crippen molar-refractivity contribution in [3.8, 4) is 6.07 Å². The smallest absolute Gasteiger partial charge is 0.348 e. The summed E-state index contributed by atoms with van der Waals surface area (Å²) in [5.41, 5.74) is 0.553. The fraction of sp³-hybridized carbons (Fsp3) is 0.733. The number of rotatable bonds is 3. The van der Waals surface area contributed by atoms with Gasteiger partial charge in [-0.1, -0.05) is 19.9 Å². The van der Waals surface area contributed by atoms with Crippen LogP contribution >= 0.6 is 0 Å². The fourth-order valence-corrected chi connectivity index (χ4v) is 3.64. The first kappa shape index (κ1) is 13.1. The number of ether oxygens (including phenoxy) is 1. The Kier molecular flexibility index (Phi) is 3.47. The molecule has 3 rings (SSSR count). The Bertz CT molecular complexity index is 415. The highest BCUT2D eigenvalue weighted by atomic mass is 16.5. The van der Waals surface area contributed by atoms with Gasteiger partial charge in [0.1, 0.15) is 11.6 Å². The Morgan fingerprint density at radius 1 is 1.50 bits per heavy atom. The van der Waals surface area contributed by atoms with Crippen LogP contribution in [0.2, 0.25) is 0 Å². The van der Waals surface area contributed by atoms with E-state index < -0.39 is 5.97 Å². The van der Waals surface area contributed by atoms with Gasteiger partial charge in [0.25, 0.3) is 0 Å². The van der Waals surface area contributed by atoms with Gasteiger partial charge in [-0.3, -0.25) is 0 Å². The number of nitrogens with zero attached hydrogens (tertiary/aromatic N) is 1. The van der Waals surface area contributed by atoms with E-state index in [-0.39, 0.29) is 5.57 Å². The van der Waals surface area contributed by atoms with Gasteiger partial charge in [-0.25, -0.2) is 4.79 Å². The first-order chi connectivity index (χ1) is 8.50. The van der Waals surface area contributed by atoms with Gasteiger partial charge in [0.2, 0.25) is 0 Å². The molecule has 0 spiro atoms. The fourth-order valence-electron chi connectivity index (χ4n) is 3.64. The Balaban J connectivity index is 2.12. The van der Waals surface area contributed by atoms with Crippen LogP contribution in [0, 0.1) is 34.5 Å². The molecule has 98 valence electrons. The van der Waals surface area contributed by atoms with Crippen molar-refractivity contribution < 1.29 is 9.53 Å². The maximum Gasteiger partial charge on any atom is 0.348 e. The summed E-state index contributed by atoms with van der Waals surface area (Å²) in [5, 5.41) is 9.06. The van der Waals surface area contributed by atoms with Crippen molar-refractivity contribution in [1.29, 1.82) is 5.26 Å². The van der Waals surface area contributed by atoms with E-state index in [4.69, 9.17) is 10.00 Å². The van der Waals surface area contributed by atoms with Crippen LogP contribution in [0.3, 0.4) is 0 Å². The predicted octanol–water partition coefficient (Wildman–Crippen LogP) is 3.07.